The smallest absolute Gasteiger partial charge is 0.267 e. The summed E-state index contributed by atoms with van der Waals surface area (Å²) < 4.78 is 0. The number of pyridine rings is 1. The summed E-state index contributed by atoms with van der Waals surface area (Å²) >= 11 is 6.43. The fourth-order valence-electron chi connectivity index (χ4n) is 4.00. The number of hydroxylamine groups is 1. The Hall–Kier alpha value is -1.05. The predicted molar refractivity (Wildman–Crippen MR) is 113 cm³/mol. The monoisotopic (exact) mass is 436 g/mol. The molecule has 9 heteroatoms. The normalized spacial score (nSPS) is 22.7. The second-order valence-corrected chi connectivity index (χ2v) is 7.36. The number of aromatic nitrogens is 1. The van der Waals surface area contributed by atoms with Gasteiger partial charge in [0.2, 0.25) is 0 Å². The second kappa shape index (κ2) is 11.1. The fourth-order valence-corrected chi connectivity index (χ4v) is 4.23. The number of hydrogen-bond donors (Lipinski definition) is 4. The van der Waals surface area contributed by atoms with Crippen molar-refractivity contribution < 1.29 is 10.0 Å². The molecule has 1 aliphatic carbocycles. The van der Waals surface area contributed by atoms with E-state index in [2.05, 4.69) is 15.6 Å². The van der Waals surface area contributed by atoms with Crippen LogP contribution in [0.4, 0.5) is 5.82 Å². The van der Waals surface area contributed by atoms with Crippen molar-refractivity contribution in [1.82, 2.24) is 15.8 Å². The van der Waals surface area contributed by atoms with Crippen molar-refractivity contribution in [2.75, 3.05) is 18.4 Å². The summed E-state index contributed by atoms with van der Waals surface area (Å²) in [7, 11) is 0. The van der Waals surface area contributed by atoms with E-state index in [1.54, 1.807) is 23.8 Å². The number of nitrogens with zero attached hydrogens (tertiary/aromatic N) is 1. The van der Waals surface area contributed by atoms with Crippen LogP contribution in [0, 0.1) is 5.92 Å². The van der Waals surface area contributed by atoms with E-state index in [4.69, 9.17) is 16.8 Å². The molecule has 0 bridgehead atoms. The Labute approximate surface area is 177 Å². The third kappa shape index (κ3) is 5.96. The molecule has 1 atom stereocenters. The van der Waals surface area contributed by atoms with E-state index < -0.39 is 5.91 Å². The number of halogens is 3. The average molecular weight is 438 g/mol. The minimum Gasteiger partial charge on any atom is -0.362 e. The van der Waals surface area contributed by atoms with Crippen molar-refractivity contribution in [3.8, 4) is 0 Å². The van der Waals surface area contributed by atoms with Gasteiger partial charge in [-0.15, -0.1) is 24.8 Å². The summed E-state index contributed by atoms with van der Waals surface area (Å²) in [5.74, 6) is 0.744. The van der Waals surface area contributed by atoms with Crippen LogP contribution in [0.5, 0.6) is 0 Å². The summed E-state index contributed by atoms with van der Waals surface area (Å²) in [5, 5.41) is 16.2. The molecule has 27 heavy (non-hydrogen) atoms. The van der Waals surface area contributed by atoms with Crippen LogP contribution in [-0.2, 0) is 4.79 Å². The zero-order valence-corrected chi connectivity index (χ0v) is 17.4. The van der Waals surface area contributed by atoms with Crippen molar-refractivity contribution in [3.05, 3.63) is 28.9 Å². The fraction of sp³-hybridized carbons (Fsp3) is 0.556. The lowest BCUT2D eigenvalue weighted by Gasteiger charge is -2.40. The first kappa shape index (κ1) is 24.0. The lowest BCUT2D eigenvalue weighted by Crippen LogP contribution is -2.48. The van der Waals surface area contributed by atoms with E-state index in [0.29, 0.717) is 22.3 Å². The van der Waals surface area contributed by atoms with E-state index in [9.17, 15) is 4.79 Å². The van der Waals surface area contributed by atoms with Gasteiger partial charge in [0.25, 0.3) is 5.91 Å². The molecule has 1 aromatic heterocycles. The number of nitrogens with one attached hydrogen (secondary N) is 3. The van der Waals surface area contributed by atoms with E-state index in [0.717, 1.165) is 19.5 Å². The number of rotatable bonds is 5. The summed E-state index contributed by atoms with van der Waals surface area (Å²) in [6, 6.07) is 1.77. The lowest BCUT2D eigenvalue weighted by atomic mass is 9.74. The van der Waals surface area contributed by atoms with Crippen LogP contribution >= 0.6 is 36.4 Å². The Morgan fingerprint density at radius 3 is 2.67 bits per heavy atom. The van der Waals surface area contributed by atoms with Crippen molar-refractivity contribution in [1.29, 1.82) is 0 Å². The maximum absolute atomic E-state index is 11.1. The third-order valence-electron chi connectivity index (χ3n) is 5.34. The zero-order chi connectivity index (χ0) is 17.7. The molecule has 0 unspecified atom stereocenters. The molecule has 6 nitrogen and oxygen atoms in total. The van der Waals surface area contributed by atoms with Crippen molar-refractivity contribution >= 4 is 54.2 Å². The number of hydrogen-bond acceptors (Lipinski definition) is 5. The number of carbonyl (C=O) groups excluding carboxylic acids is 1. The van der Waals surface area contributed by atoms with Crippen LogP contribution < -0.4 is 16.1 Å². The molecule has 4 N–H and O–H groups in total. The first-order valence-corrected chi connectivity index (χ1v) is 9.27. The minimum absolute atomic E-state index is 0. The van der Waals surface area contributed by atoms with Crippen LogP contribution in [0.2, 0.25) is 5.02 Å². The van der Waals surface area contributed by atoms with Crippen molar-refractivity contribution in [2.24, 2.45) is 5.92 Å². The van der Waals surface area contributed by atoms with Gasteiger partial charge in [-0.3, -0.25) is 10.0 Å². The Kier molecular flexibility index (Phi) is 9.84. The molecule has 1 aromatic rings. The maximum atomic E-state index is 11.1. The molecule has 152 valence electrons. The van der Waals surface area contributed by atoms with Gasteiger partial charge in [0.05, 0.1) is 10.6 Å². The highest BCUT2D eigenvalue weighted by Gasteiger charge is 2.42. The summed E-state index contributed by atoms with van der Waals surface area (Å²) in [5.41, 5.74) is 2.28. The highest BCUT2D eigenvalue weighted by molar-refractivity contribution is 6.33. The van der Waals surface area contributed by atoms with E-state index in [1.165, 1.54) is 38.2 Å². The minimum atomic E-state index is -0.591. The topological polar surface area (TPSA) is 86.3 Å². The molecule has 1 amide bonds. The molecule has 0 radical (unpaired) electrons. The van der Waals surface area contributed by atoms with Gasteiger partial charge in [0.15, 0.2) is 0 Å². The summed E-state index contributed by atoms with van der Waals surface area (Å²) in [4.78, 5) is 15.5. The van der Waals surface area contributed by atoms with Crippen molar-refractivity contribution in [2.45, 2.75) is 44.1 Å². The van der Waals surface area contributed by atoms with Gasteiger partial charge in [-0.1, -0.05) is 30.9 Å². The van der Waals surface area contributed by atoms with Gasteiger partial charge in [-0.2, -0.15) is 0 Å². The van der Waals surface area contributed by atoms with Crippen LogP contribution in [0.25, 0.3) is 6.08 Å². The van der Waals surface area contributed by atoms with Crippen molar-refractivity contribution in [3.63, 3.8) is 0 Å². The van der Waals surface area contributed by atoms with Gasteiger partial charge < -0.3 is 10.6 Å². The Bertz CT molecular complexity index is 645. The maximum Gasteiger partial charge on any atom is 0.267 e. The molecule has 1 saturated heterocycles. The molecule has 0 aromatic carbocycles. The molecular weight excluding hydrogens is 411 g/mol. The number of anilines is 1. The highest BCUT2D eigenvalue weighted by Crippen LogP contribution is 2.39. The van der Waals surface area contributed by atoms with Crippen LogP contribution in [0.15, 0.2) is 18.3 Å². The second-order valence-electron chi connectivity index (χ2n) is 6.95. The Morgan fingerprint density at radius 2 is 2.07 bits per heavy atom. The largest absolute Gasteiger partial charge is 0.362 e. The SMILES string of the molecule is Cl.Cl.O=C(/C=C/c1cnc(N[C@@]2(C3CCCCC3)CCNC2)c(Cl)c1)NO. The third-order valence-corrected chi connectivity index (χ3v) is 5.63. The quantitative estimate of drug-likeness (QED) is 0.320. The van der Waals surface area contributed by atoms with Gasteiger partial charge in [-0.05, 0) is 49.4 Å². The first-order valence-electron chi connectivity index (χ1n) is 8.89. The van der Waals surface area contributed by atoms with Crippen LogP contribution in [0.3, 0.4) is 0 Å². The molecule has 1 saturated carbocycles. The van der Waals surface area contributed by atoms with Crippen LogP contribution in [0.1, 0.15) is 44.1 Å². The molecule has 2 heterocycles. The molecule has 2 aliphatic rings. The van der Waals surface area contributed by atoms with Gasteiger partial charge in [-0.25, -0.2) is 10.5 Å². The Morgan fingerprint density at radius 1 is 1.33 bits per heavy atom. The molecule has 3 rings (SSSR count). The molecule has 1 aliphatic heterocycles. The predicted octanol–water partition coefficient (Wildman–Crippen LogP) is 3.82. The molecular formula is C18H27Cl3N4O2. The molecule has 2 fully saturated rings. The summed E-state index contributed by atoms with van der Waals surface area (Å²) in [6.45, 7) is 1.95. The Balaban J connectivity index is 0.00000182. The lowest BCUT2D eigenvalue weighted by molar-refractivity contribution is -0.124. The number of amides is 1. The average Bonchev–Trinajstić information content (AvgIpc) is 3.12. The van der Waals surface area contributed by atoms with E-state index in [-0.39, 0.29) is 30.4 Å². The van der Waals surface area contributed by atoms with Gasteiger partial charge >= 0.3 is 0 Å². The molecule has 0 spiro atoms. The van der Waals surface area contributed by atoms with E-state index in [1.807, 2.05) is 0 Å². The summed E-state index contributed by atoms with van der Waals surface area (Å²) in [6.07, 6.45) is 12.0. The van der Waals surface area contributed by atoms with E-state index >= 15 is 0 Å². The zero-order valence-electron chi connectivity index (χ0n) is 15.0. The first-order chi connectivity index (χ1) is 12.1. The number of carbonyl (C=O) groups is 1. The van der Waals surface area contributed by atoms with Gasteiger partial charge in [0, 0.05) is 18.8 Å². The van der Waals surface area contributed by atoms with Gasteiger partial charge in [0.1, 0.15) is 5.82 Å². The van der Waals surface area contributed by atoms with Crippen LogP contribution in [-0.4, -0.2) is 34.7 Å². The highest BCUT2D eigenvalue weighted by atomic mass is 35.5. The standard InChI is InChI=1S/C18H25ClN4O2.2ClH/c19-15-10-13(6-7-16(24)23-25)11-21-17(15)22-18(8-9-20-12-18)14-4-2-1-3-5-14;;/h6-7,10-11,14,20,25H,1-5,8-9,12H2,(H,21,22)(H,23,24);2*1H/b7-6+;;/t18-;;/m0../s1.